The number of aliphatic hydroxyl groups excluding tert-OH is 1. The summed E-state index contributed by atoms with van der Waals surface area (Å²) in [4.78, 5) is 35.9. The molecule has 1 fully saturated rings. The lowest BCUT2D eigenvalue weighted by molar-refractivity contribution is -0.137. The number of nitrogens with zero attached hydrogens (tertiary/aromatic N) is 5. The summed E-state index contributed by atoms with van der Waals surface area (Å²) in [5.41, 5.74) is 0.518. The van der Waals surface area contributed by atoms with Crippen LogP contribution in [-0.4, -0.2) is 72.8 Å². The molecule has 3 aromatic rings. The van der Waals surface area contributed by atoms with Gasteiger partial charge in [-0.3, -0.25) is 19.6 Å². The standard InChI is InChI=1S/C30H31ClF3N5O3/c1-2-37-26-11-9-22(30(32,33)34)18-27(26)38(23-6-4-3-5-7-23)29(42)39(28(37)41)24-10-8-21(25(31)19-24)20-36-14-12-35(13-15-36)16-17-40/h3-11,18-19,40H,2,12-17,20H2,1H3. The van der Waals surface area contributed by atoms with E-state index in [1.54, 1.807) is 55.5 Å². The molecule has 0 bridgehead atoms. The highest BCUT2D eigenvalue weighted by Crippen LogP contribution is 2.43. The first kappa shape index (κ1) is 29.8. The fourth-order valence-electron chi connectivity index (χ4n) is 5.33. The summed E-state index contributed by atoms with van der Waals surface area (Å²) in [7, 11) is 0. The molecule has 2 heterocycles. The van der Waals surface area contributed by atoms with Gasteiger partial charge in [0.2, 0.25) is 0 Å². The number of benzene rings is 3. The van der Waals surface area contributed by atoms with E-state index in [0.717, 1.165) is 53.7 Å². The largest absolute Gasteiger partial charge is 0.416 e. The maximum atomic E-state index is 14.2. The van der Waals surface area contributed by atoms with Gasteiger partial charge in [-0.2, -0.15) is 13.2 Å². The number of amides is 4. The second-order valence-electron chi connectivity index (χ2n) is 10.1. The molecule has 4 amide bonds. The summed E-state index contributed by atoms with van der Waals surface area (Å²) < 4.78 is 41.3. The molecule has 8 nitrogen and oxygen atoms in total. The van der Waals surface area contributed by atoms with Gasteiger partial charge in [-0.1, -0.05) is 35.9 Å². The van der Waals surface area contributed by atoms with Gasteiger partial charge in [-0.05, 0) is 55.0 Å². The number of aliphatic hydroxyl groups is 1. The maximum absolute atomic E-state index is 14.2. The minimum Gasteiger partial charge on any atom is -0.395 e. The van der Waals surface area contributed by atoms with Crippen LogP contribution in [0.1, 0.15) is 18.1 Å². The first-order valence-corrected chi connectivity index (χ1v) is 14.1. The lowest BCUT2D eigenvalue weighted by Crippen LogP contribution is -2.48. The van der Waals surface area contributed by atoms with Crippen LogP contribution >= 0.6 is 11.6 Å². The van der Waals surface area contributed by atoms with Crippen molar-refractivity contribution < 1.29 is 27.9 Å². The van der Waals surface area contributed by atoms with Gasteiger partial charge in [-0.25, -0.2) is 14.5 Å². The van der Waals surface area contributed by atoms with Crippen molar-refractivity contribution in [3.8, 4) is 0 Å². The van der Waals surface area contributed by atoms with Crippen LogP contribution in [0.3, 0.4) is 0 Å². The molecule has 0 atom stereocenters. The molecule has 0 radical (unpaired) electrons. The lowest BCUT2D eigenvalue weighted by Gasteiger charge is -2.34. The number of β-amino-alcohol motifs (C(OH)–C–C–N with tert-alkyl or cyclic N) is 1. The van der Waals surface area contributed by atoms with E-state index in [4.69, 9.17) is 11.6 Å². The topological polar surface area (TPSA) is 70.6 Å². The van der Waals surface area contributed by atoms with Crippen molar-refractivity contribution in [2.75, 3.05) is 60.6 Å². The Hall–Kier alpha value is -3.64. The molecule has 2 aliphatic rings. The van der Waals surface area contributed by atoms with E-state index in [9.17, 15) is 27.9 Å². The molecule has 5 rings (SSSR count). The monoisotopic (exact) mass is 601 g/mol. The SMILES string of the molecule is CCN1C(=O)N(c2ccc(CN3CCN(CCO)CC3)c(Cl)c2)C(=O)N(c2ccccc2)c2cc(C(F)(F)F)ccc21. The summed E-state index contributed by atoms with van der Waals surface area (Å²) >= 11 is 6.69. The molecule has 0 aliphatic carbocycles. The van der Waals surface area contributed by atoms with Crippen LogP contribution in [0, 0.1) is 0 Å². The summed E-state index contributed by atoms with van der Waals surface area (Å²) in [6.45, 7) is 6.38. The van der Waals surface area contributed by atoms with E-state index < -0.39 is 23.8 Å². The number of rotatable bonds is 7. The average molecular weight is 602 g/mol. The number of piperazine rings is 1. The Morgan fingerprint density at radius 1 is 0.810 bits per heavy atom. The van der Waals surface area contributed by atoms with Gasteiger partial charge in [0.1, 0.15) is 0 Å². The zero-order chi connectivity index (χ0) is 30.0. The van der Waals surface area contributed by atoms with Crippen LogP contribution in [0.5, 0.6) is 0 Å². The molecular weight excluding hydrogens is 571 g/mol. The van der Waals surface area contributed by atoms with Crippen molar-refractivity contribution in [1.82, 2.24) is 9.80 Å². The third-order valence-corrected chi connectivity index (χ3v) is 7.89. The number of fused-ring (bicyclic) bond motifs is 1. The molecule has 222 valence electrons. The highest BCUT2D eigenvalue weighted by Gasteiger charge is 2.41. The number of imide groups is 1. The molecular formula is C30H31ClF3N5O3. The van der Waals surface area contributed by atoms with Gasteiger partial charge >= 0.3 is 18.2 Å². The molecule has 1 saturated heterocycles. The highest BCUT2D eigenvalue weighted by atomic mass is 35.5. The number of hydrogen-bond acceptors (Lipinski definition) is 5. The van der Waals surface area contributed by atoms with Crippen LogP contribution < -0.4 is 14.7 Å². The van der Waals surface area contributed by atoms with Crippen molar-refractivity contribution >= 4 is 46.4 Å². The van der Waals surface area contributed by atoms with Crippen LogP contribution in [0.4, 0.5) is 45.5 Å². The fraction of sp³-hybridized carbons (Fsp3) is 0.333. The Balaban J connectivity index is 1.52. The van der Waals surface area contributed by atoms with Gasteiger partial charge in [0.05, 0.1) is 34.9 Å². The smallest absolute Gasteiger partial charge is 0.395 e. The minimum atomic E-state index is -4.65. The van der Waals surface area contributed by atoms with Gasteiger partial charge in [0.15, 0.2) is 0 Å². The molecule has 42 heavy (non-hydrogen) atoms. The second kappa shape index (κ2) is 12.3. The predicted octanol–water partition coefficient (Wildman–Crippen LogP) is 6.19. The number of alkyl halides is 3. The Labute approximate surface area is 247 Å². The van der Waals surface area contributed by atoms with Crippen molar-refractivity contribution in [3.05, 3.63) is 82.9 Å². The normalized spacial score (nSPS) is 17.0. The quantitative estimate of drug-likeness (QED) is 0.350. The number of carbonyl (C=O) groups is 2. The number of anilines is 4. The first-order chi connectivity index (χ1) is 20.1. The van der Waals surface area contributed by atoms with Gasteiger partial charge < -0.3 is 5.11 Å². The third kappa shape index (κ3) is 5.96. The molecule has 1 N–H and O–H groups in total. The number of halogens is 4. The van der Waals surface area contributed by atoms with Crippen LogP contribution in [0.2, 0.25) is 5.02 Å². The van der Waals surface area contributed by atoms with Crippen LogP contribution in [0.25, 0.3) is 0 Å². The zero-order valence-corrected chi connectivity index (χ0v) is 23.8. The molecule has 0 spiro atoms. The molecule has 2 aliphatic heterocycles. The number of hydrogen-bond donors (Lipinski definition) is 1. The van der Waals surface area contributed by atoms with Crippen LogP contribution in [-0.2, 0) is 12.7 Å². The van der Waals surface area contributed by atoms with Crippen molar-refractivity contribution in [1.29, 1.82) is 0 Å². The van der Waals surface area contributed by atoms with E-state index in [-0.39, 0.29) is 30.2 Å². The number of para-hydroxylation sites is 1. The second-order valence-corrected chi connectivity index (χ2v) is 10.5. The molecule has 0 unspecified atom stereocenters. The molecule has 0 saturated carbocycles. The van der Waals surface area contributed by atoms with E-state index in [2.05, 4.69) is 9.80 Å². The van der Waals surface area contributed by atoms with Gasteiger partial charge in [0, 0.05) is 50.8 Å². The van der Waals surface area contributed by atoms with E-state index >= 15 is 0 Å². The summed E-state index contributed by atoms with van der Waals surface area (Å²) in [5.74, 6) is 0. The average Bonchev–Trinajstić information content (AvgIpc) is 3.05. The van der Waals surface area contributed by atoms with E-state index in [0.29, 0.717) is 23.8 Å². The Morgan fingerprint density at radius 3 is 2.12 bits per heavy atom. The summed E-state index contributed by atoms with van der Waals surface area (Å²) in [6, 6.07) is 14.7. The summed E-state index contributed by atoms with van der Waals surface area (Å²) in [5, 5.41) is 9.54. The molecule has 3 aromatic carbocycles. The molecule has 0 aromatic heterocycles. The Bertz CT molecular complexity index is 1450. The first-order valence-electron chi connectivity index (χ1n) is 13.7. The van der Waals surface area contributed by atoms with Crippen LogP contribution in [0.15, 0.2) is 66.7 Å². The Morgan fingerprint density at radius 2 is 1.50 bits per heavy atom. The van der Waals surface area contributed by atoms with E-state index in [1.165, 1.54) is 11.0 Å². The molecule has 12 heteroatoms. The fourth-order valence-corrected chi connectivity index (χ4v) is 5.56. The number of urea groups is 2. The zero-order valence-electron chi connectivity index (χ0n) is 23.0. The van der Waals surface area contributed by atoms with E-state index in [1.807, 2.05) is 0 Å². The lowest BCUT2D eigenvalue weighted by atomic mass is 10.1. The van der Waals surface area contributed by atoms with Crippen molar-refractivity contribution in [2.45, 2.75) is 19.6 Å². The third-order valence-electron chi connectivity index (χ3n) is 7.54. The van der Waals surface area contributed by atoms with Gasteiger partial charge in [-0.15, -0.1) is 0 Å². The maximum Gasteiger partial charge on any atom is 0.416 e. The minimum absolute atomic E-state index is 0.0539. The van der Waals surface area contributed by atoms with Gasteiger partial charge in [0.25, 0.3) is 0 Å². The summed E-state index contributed by atoms with van der Waals surface area (Å²) in [6.07, 6.45) is -4.65. The van der Waals surface area contributed by atoms with Crippen molar-refractivity contribution in [2.24, 2.45) is 0 Å². The highest BCUT2D eigenvalue weighted by molar-refractivity contribution is 6.33. The van der Waals surface area contributed by atoms with Crippen molar-refractivity contribution in [3.63, 3.8) is 0 Å². The Kier molecular flexibility index (Phi) is 8.74. The number of carbonyl (C=O) groups excluding carboxylic acids is 2. The predicted molar refractivity (Wildman–Crippen MR) is 157 cm³/mol.